The predicted molar refractivity (Wildman–Crippen MR) is 309 cm³/mol. The van der Waals surface area contributed by atoms with Crippen LogP contribution in [-0.4, -0.2) is 120 Å². The van der Waals surface area contributed by atoms with Gasteiger partial charge in [-0.1, -0.05) is 98.5 Å². The van der Waals surface area contributed by atoms with Crippen LogP contribution in [0.25, 0.3) is 22.3 Å². The number of methoxy groups -OCH3 is 2. The summed E-state index contributed by atoms with van der Waals surface area (Å²) in [6, 6.07) is 37.5. The van der Waals surface area contributed by atoms with E-state index in [1.807, 2.05) is 83.7 Å². The second-order valence-electron chi connectivity index (χ2n) is 21.6. The minimum absolute atomic E-state index is 0.00130. The van der Waals surface area contributed by atoms with Gasteiger partial charge in [0, 0.05) is 51.2 Å². The Morgan fingerprint density at radius 3 is 1.99 bits per heavy atom. The fraction of sp³-hybridized carbons (Fsp3) is 0.433. The van der Waals surface area contributed by atoms with Gasteiger partial charge in [-0.05, 0) is 98.7 Å². The smallest absolute Gasteiger partial charge is 0.259 e. The monoisotopic (exact) mass is 1110 g/mol. The number of rotatable bonds is 26. The van der Waals surface area contributed by atoms with Crippen molar-refractivity contribution in [3.8, 4) is 34.6 Å². The molecule has 4 aromatic carbocycles. The maximum atomic E-state index is 9.75. The normalized spacial score (nSPS) is 18.2. The molecule has 0 bridgehead atoms. The first-order chi connectivity index (χ1) is 38.3. The first kappa shape index (κ1) is 57.3. The van der Waals surface area contributed by atoms with Crippen molar-refractivity contribution in [2.45, 2.75) is 121 Å². The number of ether oxygens (including phenoxy) is 6. The molecule has 0 amide bonds. The van der Waals surface area contributed by atoms with Gasteiger partial charge < -0.3 is 42.4 Å². The minimum Gasteiger partial charge on any atom is -0.497 e. The Morgan fingerprint density at radius 2 is 1.39 bits per heavy atom. The van der Waals surface area contributed by atoms with Crippen molar-refractivity contribution < 1.29 is 37.5 Å². The number of nitriles is 1. The van der Waals surface area contributed by atoms with E-state index in [0.717, 1.165) is 71.3 Å². The van der Waals surface area contributed by atoms with E-state index in [-0.39, 0.29) is 38.3 Å². The molecule has 5 heterocycles. The SMILES string of the molecule is COc1ccc(C(OC[C@H]2O[C@@H](n3cnc4c(OCC[Si](C)(C)C)ncnc43)[C@H](OCc3ccc(-c4cnc(N5CCCC5)nc4)cc3)[C@@H]2OP(OCCC#N)N(C(C)C)C(C)C)(c2ccccc2)c2ccc(OC)cc2)cc1. The van der Waals surface area contributed by atoms with Crippen LogP contribution in [0.5, 0.6) is 17.4 Å². The molecule has 2 fully saturated rings. The van der Waals surface area contributed by atoms with Crippen molar-refractivity contribution in [2.24, 2.45) is 0 Å². The molecular weight excluding hydrogens is 1030 g/mol. The van der Waals surface area contributed by atoms with E-state index >= 15 is 0 Å². The van der Waals surface area contributed by atoms with Crippen LogP contribution in [0.15, 0.2) is 128 Å². The highest BCUT2D eigenvalue weighted by Gasteiger charge is 2.52. The first-order valence-electron chi connectivity index (χ1n) is 27.3. The van der Waals surface area contributed by atoms with Gasteiger partial charge in [0.2, 0.25) is 11.8 Å². The van der Waals surface area contributed by atoms with Crippen molar-refractivity contribution >= 4 is 33.7 Å². The zero-order valence-corrected chi connectivity index (χ0v) is 48.8. The number of anilines is 1. The summed E-state index contributed by atoms with van der Waals surface area (Å²) >= 11 is 0. The third kappa shape index (κ3) is 13.5. The van der Waals surface area contributed by atoms with Gasteiger partial charge in [0.25, 0.3) is 8.53 Å². The zero-order valence-electron chi connectivity index (χ0n) is 46.9. The van der Waals surface area contributed by atoms with Gasteiger partial charge in [-0.3, -0.25) is 4.57 Å². The topological polar surface area (TPSA) is 173 Å². The van der Waals surface area contributed by atoms with Crippen LogP contribution in [0.3, 0.4) is 0 Å². The molecule has 0 radical (unpaired) electrons. The van der Waals surface area contributed by atoms with E-state index < -0.39 is 46.7 Å². The van der Waals surface area contributed by atoms with Crippen molar-refractivity contribution in [1.82, 2.24) is 34.2 Å². The molecule has 1 unspecified atom stereocenters. The number of hydrogen-bond donors (Lipinski definition) is 0. The maximum Gasteiger partial charge on any atom is 0.259 e. The van der Waals surface area contributed by atoms with E-state index in [1.165, 1.54) is 6.33 Å². The molecule has 416 valence electrons. The Balaban J connectivity index is 1.14. The summed E-state index contributed by atoms with van der Waals surface area (Å²) in [4.78, 5) is 25.9. The van der Waals surface area contributed by atoms with Crippen molar-refractivity contribution in [2.75, 3.05) is 52.0 Å². The summed E-state index contributed by atoms with van der Waals surface area (Å²) in [6.45, 7) is 18.2. The largest absolute Gasteiger partial charge is 0.497 e. The Kier molecular flexibility index (Phi) is 19.0. The summed E-state index contributed by atoms with van der Waals surface area (Å²) in [5, 5.41) is 9.75. The first-order valence-corrected chi connectivity index (χ1v) is 32.1. The van der Waals surface area contributed by atoms with Gasteiger partial charge in [-0.15, -0.1) is 0 Å². The van der Waals surface area contributed by atoms with Gasteiger partial charge >= 0.3 is 0 Å². The molecular formula is C60H74N9O8PSi. The Labute approximate surface area is 467 Å². The molecule has 3 aromatic heterocycles. The highest BCUT2D eigenvalue weighted by molar-refractivity contribution is 7.44. The summed E-state index contributed by atoms with van der Waals surface area (Å²) in [6.07, 6.45) is 6.15. The Bertz CT molecular complexity index is 3010. The summed E-state index contributed by atoms with van der Waals surface area (Å²) in [5.74, 6) is 2.57. The predicted octanol–water partition coefficient (Wildman–Crippen LogP) is 11.8. The number of imidazole rings is 1. The number of benzene rings is 4. The van der Waals surface area contributed by atoms with Gasteiger partial charge in [0.1, 0.15) is 41.7 Å². The lowest BCUT2D eigenvalue weighted by Gasteiger charge is -2.39. The van der Waals surface area contributed by atoms with E-state index in [1.54, 1.807) is 20.5 Å². The highest BCUT2D eigenvalue weighted by atomic mass is 31.2. The molecule has 79 heavy (non-hydrogen) atoms. The molecule has 9 rings (SSSR count). The molecule has 2 aliphatic heterocycles. The maximum absolute atomic E-state index is 9.75. The summed E-state index contributed by atoms with van der Waals surface area (Å²) in [7, 11) is 0.0419. The third-order valence-corrected chi connectivity index (χ3v) is 18.1. The molecule has 0 saturated carbocycles. The van der Waals surface area contributed by atoms with E-state index in [0.29, 0.717) is 35.1 Å². The van der Waals surface area contributed by atoms with Crippen LogP contribution in [0.1, 0.15) is 75.4 Å². The molecule has 7 aromatic rings. The Morgan fingerprint density at radius 1 is 0.759 bits per heavy atom. The fourth-order valence-electron chi connectivity index (χ4n) is 10.2. The van der Waals surface area contributed by atoms with Gasteiger partial charge in [0.15, 0.2) is 17.4 Å². The van der Waals surface area contributed by atoms with Crippen LogP contribution in [-0.2, 0) is 35.5 Å². The van der Waals surface area contributed by atoms with E-state index in [9.17, 15) is 5.26 Å². The quantitative estimate of drug-likeness (QED) is 0.0217. The standard InChI is InChI=1S/C60H74N9O8PSi/c1-42(2)69(43(3)4)78(75-33-15-30-61)77-54-52(39-74-60(47-16-11-10-12-17-47,48-22-26-50(70-5)27-23-48)49-24-28-51(71-6)29-25-49)76-58(68-41-66-53-56(68)64-40-65-57(53)72-34-35-79(7,8)9)55(54)73-38-44-18-20-45(21-19-44)46-36-62-59(63-37-46)67-31-13-14-32-67/h10-12,16-29,36-37,40-43,52,54-55,58H,13-15,31-35,38-39H2,1-9H3/t52-,54-,55-,58-,78?/m1/s1. The third-order valence-electron chi connectivity index (χ3n) is 14.2. The molecule has 0 spiro atoms. The van der Waals surface area contributed by atoms with Crippen molar-refractivity contribution in [3.63, 3.8) is 0 Å². The lowest BCUT2D eigenvalue weighted by atomic mass is 9.80. The fourth-order valence-corrected chi connectivity index (χ4v) is 12.6. The molecule has 19 heteroatoms. The second-order valence-corrected chi connectivity index (χ2v) is 28.6. The van der Waals surface area contributed by atoms with Gasteiger partial charge in [-0.25, -0.2) is 24.6 Å². The van der Waals surface area contributed by atoms with Crippen molar-refractivity contribution in [1.29, 1.82) is 5.26 Å². The Hall–Kier alpha value is -6.39. The molecule has 2 aliphatic rings. The molecule has 17 nitrogen and oxygen atoms in total. The summed E-state index contributed by atoms with van der Waals surface area (Å²) < 4.78 is 58.1. The minimum atomic E-state index is -1.84. The highest BCUT2D eigenvalue weighted by Crippen LogP contribution is 2.52. The van der Waals surface area contributed by atoms with Gasteiger partial charge in [-0.2, -0.15) is 10.2 Å². The number of nitrogens with zero attached hydrogens (tertiary/aromatic N) is 9. The van der Waals surface area contributed by atoms with E-state index in [2.05, 4.69) is 104 Å². The average Bonchev–Trinajstić information content (AvgIpc) is 4.39. The van der Waals surface area contributed by atoms with Crippen LogP contribution in [0, 0.1) is 11.3 Å². The molecule has 0 aliphatic carbocycles. The van der Waals surface area contributed by atoms with Crippen molar-refractivity contribution in [3.05, 3.63) is 150 Å². The zero-order chi connectivity index (χ0) is 55.5. The number of hydrogen-bond acceptors (Lipinski definition) is 16. The lowest BCUT2D eigenvalue weighted by Crippen LogP contribution is -2.43. The van der Waals surface area contributed by atoms with Crippen LogP contribution in [0.2, 0.25) is 25.7 Å². The lowest BCUT2D eigenvalue weighted by molar-refractivity contribution is -0.0963. The molecule has 0 N–H and O–H groups in total. The van der Waals surface area contributed by atoms with Crippen LogP contribution < -0.4 is 19.1 Å². The number of aromatic nitrogens is 6. The average molecular weight is 1110 g/mol. The molecule has 2 saturated heterocycles. The van der Waals surface area contributed by atoms with Crippen LogP contribution >= 0.6 is 8.53 Å². The number of fused-ring (bicyclic) bond motifs is 1. The molecule has 5 atom stereocenters. The second kappa shape index (κ2) is 26.3. The van der Waals surface area contributed by atoms with Crippen LogP contribution in [0.4, 0.5) is 5.95 Å². The van der Waals surface area contributed by atoms with Gasteiger partial charge in [0.05, 0.1) is 59.5 Å². The summed E-state index contributed by atoms with van der Waals surface area (Å²) in [5.41, 5.74) is 5.24. The van der Waals surface area contributed by atoms with E-state index in [4.69, 9.17) is 57.4 Å².